The van der Waals surface area contributed by atoms with Gasteiger partial charge in [-0.25, -0.2) is 9.50 Å². The second-order valence-electron chi connectivity index (χ2n) is 9.66. The maximum atomic E-state index is 12.5. The Morgan fingerprint density at radius 2 is 1.92 bits per heavy atom. The van der Waals surface area contributed by atoms with E-state index in [4.69, 9.17) is 5.26 Å². The fourth-order valence-corrected chi connectivity index (χ4v) is 5.01. The van der Waals surface area contributed by atoms with Gasteiger partial charge in [0.25, 0.3) is 5.91 Å². The van der Waals surface area contributed by atoms with Gasteiger partial charge in [0.15, 0.2) is 11.3 Å². The molecule has 0 radical (unpaired) electrons. The molecule has 3 aliphatic carbocycles. The molecule has 2 amide bonds. The summed E-state index contributed by atoms with van der Waals surface area (Å²) in [5, 5.41) is 26.9. The van der Waals surface area contributed by atoms with E-state index in [2.05, 4.69) is 37.0 Å². The molecule has 3 aromatic heterocycles. The lowest BCUT2D eigenvalue weighted by molar-refractivity contribution is -0.175. The summed E-state index contributed by atoms with van der Waals surface area (Å²) in [5.41, 5.74) is 1.68. The summed E-state index contributed by atoms with van der Waals surface area (Å²) in [5.74, 6) is -1.11. The maximum absolute atomic E-state index is 12.5. The van der Waals surface area contributed by atoms with Crippen LogP contribution < -0.4 is 10.6 Å². The first-order valence-corrected chi connectivity index (χ1v) is 11.3. The molecule has 3 aromatic rings. The number of carbonyl (C=O) groups excluding carboxylic acids is 2. The van der Waals surface area contributed by atoms with Crippen LogP contribution in [0.25, 0.3) is 5.65 Å². The van der Waals surface area contributed by atoms with Gasteiger partial charge in [0.2, 0.25) is 5.91 Å². The second-order valence-corrected chi connectivity index (χ2v) is 9.66. The van der Waals surface area contributed by atoms with Gasteiger partial charge in [0.1, 0.15) is 0 Å². The summed E-state index contributed by atoms with van der Waals surface area (Å²) in [6, 6.07) is 4.01. The smallest absolute Gasteiger partial charge is 0.352 e. The summed E-state index contributed by atoms with van der Waals surface area (Å²) in [7, 11) is 0. The van der Waals surface area contributed by atoms with Gasteiger partial charge in [-0.15, -0.1) is 5.10 Å². The van der Waals surface area contributed by atoms with E-state index in [1.54, 1.807) is 12.3 Å². The molecule has 0 unspecified atom stereocenters. The summed E-state index contributed by atoms with van der Waals surface area (Å²) >= 11 is 0. The number of amides is 2. The van der Waals surface area contributed by atoms with Crippen LogP contribution in [-0.2, 0) is 24.4 Å². The minimum Gasteiger partial charge on any atom is -0.352 e. The van der Waals surface area contributed by atoms with E-state index in [0.717, 1.165) is 19.3 Å². The van der Waals surface area contributed by atoms with Crippen LogP contribution in [0.1, 0.15) is 53.8 Å². The third kappa shape index (κ3) is 4.86. The average molecular weight is 501 g/mol. The molecule has 3 saturated carbocycles. The first-order valence-electron chi connectivity index (χ1n) is 11.3. The molecule has 2 bridgehead atoms. The largest absolute Gasteiger partial charge is 0.389 e. The number of halogens is 3. The highest BCUT2D eigenvalue weighted by molar-refractivity contribution is 5.91. The predicted molar refractivity (Wildman–Crippen MR) is 116 cm³/mol. The van der Waals surface area contributed by atoms with Gasteiger partial charge in [0.05, 0.1) is 55.3 Å². The number of nitrogens with one attached hydrogen (secondary N) is 2. The summed E-state index contributed by atoms with van der Waals surface area (Å²) < 4.78 is 38.2. The number of rotatable bonds is 9. The molecule has 0 saturated heterocycles. The average Bonchev–Trinajstić information content (AvgIpc) is 3.41. The van der Waals surface area contributed by atoms with Crippen LogP contribution in [0.5, 0.6) is 0 Å². The van der Waals surface area contributed by atoms with Crippen LogP contribution in [0.2, 0.25) is 0 Å². The number of hydrogen-bond donors (Lipinski definition) is 2. The van der Waals surface area contributed by atoms with Crippen molar-refractivity contribution in [1.29, 1.82) is 5.26 Å². The first-order chi connectivity index (χ1) is 17.1. The van der Waals surface area contributed by atoms with Crippen molar-refractivity contribution in [1.82, 2.24) is 40.2 Å². The molecule has 0 atom stereocenters. The minimum absolute atomic E-state index is 0.0214. The van der Waals surface area contributed by atoms with Gasteiger partial charge in [-0.05, 0) is 36.3 Å². The summed E-state index contributed by atoms with van der Waals surface area (Å²) in [6.45, 7) is 0.730. The lowest BCUT2D eigenvalue weighted by atomic mass is 9.36. The molecule has 14 heteroatoms. The Morgan fingerprint density at radius 1 is 1.14 bits per heavy atom. The van der Waals surface area contributed by atoms with Gasteiger partial charge in [-0.2, -0.15) is 33.4 Å². The Morgan fingerprint density at radius 3 is 2.64 bits per heavy atom. The lowest BCUT2D eigenvalue weighted by Gasteiger charge is -2.66. The molecule has 3 heterocycles. The van der Waals surface area contributed by atoms with E-state index in [-0.39, 0.29) is 29.6 Å². The Kier molecular flexibility index (Phi) is 5.65. The number of imidazole rings is 1. The lowest BCUT2D eigenvalue weighted by Crippen LogP contribution is -2.62. The van der Waals surface area contributed by atoms with Crippen molar-refractivity contribution in [2.75, 3.05) is 0 Å². The van der Waals surface area contributed by atoms with Crippen LogP contribution in [0.4, 0.5) is 13.2 Å². The summed E-state index contributed by atoms with van der Waals surface area (Å²) in [6.07, 6.45) is 0.884. The molecule has 2 N–H and O–H groups in total. The van der Waals surface area contributed by atoms with E-state index in [1.807, 2.05) is 0 Å². The van der Waals surface area contributed by atoms with Crippen molar-refractivity contribution >= 4 is 17.5 Å². The molecule has 6 rings (SSSR count). The van der Waals surface area contributed by atoms with Crippen molar-refractivity contribution < 1.29 is 22.8 Å². The topological polar surface area (TPSA) is 143 Å². The third-order valence-corrected chi connectivity index (χ3v) is 6.61. The Balaban J connectivity index is 1.11. The SMILES string of the molecule is N#CC12CC(Cn3ncc(C(=O)NCc4cn5ncc(CNC(=O)CCC(F)(F)F)cc5n4)n3)(C1)C2. The van der Waals surface area contributed by atoms with E-state index < -0.39 is 30.8 Å². The van der Waals surface area contributed by atoms with Crippen LogP contribution in [-0.4, -0.2) is 47.6 Å². The molecule has 36 heavy (non-hydrogen) atoms. The van der Waals surface area contributed by atoms with Gasteiger partial charge in [-0.3, -0.25) is 9.59 Å². The quantitative estimate of drug-likeness (QED) is 0.456. The van der Waals surface area contributed by atoms with Gasteiger partial charge in [0, 0.05) is 13.0 Å². The van der Waals surface area contributed by atoms with E-state index >= 15 is 0 Å². The number of nitriles is 1. The minimum atomic E-state index is -4.38. The molecule has 0 aromatic carbocycles. The highest BCUT2D eigenvalue weighted by atomic mass is 19.4. The Bertz CT molecular complexity index is 1350. The molecule has 3 fully saturated rings. The molecule has 3 aliphatic rings. The molecule has 188 valence electrons. The fourth-order valence-electron chi connectivity index (χ4n) is 5.01. The normalized spacial score (nSPS) is 22.4. The highest BCUT2D eigenvalue weighted by Crippen LogP contribution is 2.73. The van der Waals surface area contributed by atoms with Gasteiger partial charge < -0.3 is 10.6 Å². The zero-order chi connectivity index (χ0) is 25.6. The second kappa shape index (κ2) is 8.58. The van der Waals surface area contributed by atoms with E-state index in [9.17, 15) is 22.8 Å². The number of nitrogens with zero attached hydrogens (tertiary/aromatic N) is 7. The number of carbonyl (C=O) groups is 2. The Hall–Kier alpha value is -4.02. The van der Waals surface area contributed by atoms with Gasteiger partial charge in [-0.1, -0.05) is 0 Å². The number of hydrogen-bond acceptors (Lipinski definition) is 7. The van der Waals surface area contributed by atoms with Crippen LogP contribution >= 0.6 is 0 Å². The molecule has 0 aliphatic heterocycles. The molecule has 0 spiro atoms. The monoisotopic (exact) mass is 501 g/mol. The van der Waals surface area contributed by atoms with Crippen molar-refractivity contribution in [2.45, 2.75) is 57.9 Å². The number of aromatic nitrogens is 6. The Labute approximate surface area is 202 Å². The van der Waals surface area contributed by atoms with Crippen LogP contribution in [0.3, 0.4) is 0 Å². The van der Waals surface area contributed by atoms with Crippen molar-refractivity contribution in [3.05, 3.63) is 41.6 Å². The molecular weight excluding hydrogens is 479 g/mol. The maximum Gasteiger partial charge on any atom is 0.389 e. The zero-order valence-corrected chi connectivity index (χ0v) is 19.0. The predicted octanol–water partition coefficient (Wildman–Crippen LogP) is 1.90. The van der Waals surface area contributed by atoms with Crippen LogP contribution in [0.15, 0.2) is 24.7 Å². The molecule has 11 nitrogen and oxygen atoms in total. The van der Waals surface area contributed by atoms with Crippen molar-refractivity contribution in [2.24, 2.45) is 10.8 Å². The standard InChI is InChI=1S/C22H22F3N9O2/c23-22(24,25)2-1-18(35)27-4-14-3-17-31-15(8-33(17)29-5-14)6-28-19(36)16-7-30-34(32-16)13-21-9-20(10-21,11-21)12-26/h3,5,7-8H,1-2,4,6,9-11,13H2,(H,27,35)(H,28,36). The van der Waals surface area contributed by atoms with Crippen molar-refractivity contribution in [3.8, 4) is 6.07 Å². The van der Waals surface area contributed by atoms with Crippen molar-refractivity contribution in [3.63, 3.8) is 0 Å². The zero-order valence-electron chi connectivity index (χ0n) is 19.0. The summed E-state index contributed by atoms with van der Waals surface area (Å²) in [4.78, 5) is 30.0. The van der Waals surface area contributed by atoms with Gasteiger partial charge >= 0.3 is 6.18 Å². The van der Waals surface area contributed by atoms with E-state index in [0.29, 0.717) is 23.4 Å². The molecular formula is C22H22F3N9O2. The first kappa shape index (κ1) is 23.7. The number of alkyl halides is 3. The fraction of sp³-hybridized carbons (Fsp3) is 0.500. The number of fused-ring (bicyclic) bond motifs is 1. The van der Waals surface area contributed by atoms with E-state index in [1.165, 1.54) is 21.7 Å². The highest BCUT2D eigenvalue weighted by Gasteiger charge is 2.68. The third-order valence-electron chi connectivity index (χ3n) is 6.61. The van der Waals surface area contributed by atoms with Crippen LogP contribution in [0, 0.1) is 22.2 Å².